The van der Waals surface area contributed by atoms with Crippen molar-refractivity contribution in [2.24, 2.45) is 5.92 Å². The quantitative estimate of drug-likeness (QED) is 0.610. The number of β-amino-alcohol motifs (C(OH)–C–C–N with tert-alkyl or cyclic N) is 1. The van der Waals surface area contributed by atoms with E-state index in [1.54, 1.807) is 0 Å². The number of nitrogens with zero attached hydrogens (tertiary/aromatic N) is 1. The van der Waals surface area contributed by atoms with Gasteiger partial charge < -0.3 is 5.11 Å². The third-order valence-corrected chi connectivity index (χ3v) is 2.23. The molecule has 62 valence electrons. The van der Waals surface area contributed by atoms with Gasteiger partial charge in [-0.15, -0.1) is 0 Å². The minimum atomic E-state index is -0.400. The summed E-state index contributed by atoms with van der Waals surface area (Å²) in [6.07, 6.45) is 2.28. The van der Waals surface area contributed by atoms with E-state index in [2.05, 4.69) is 11.4 Å². The molecule has 1 aliphatic rings. The molecule has 11 heavy (non-hydrogen) atoms. The SMILES string of the molecule is CC(C#N)(NCCO)C1CC1. The first kappa shape index (κ1) is 8.51. The van der Waals surface area contributed by atoms with Gasteiger partial charge in [0.05, 0.1) is 12.7 Å². The van der Waals surface area contributed by atoms with Crippen molar-refractivity contribution in [3.63, 3.8) is 0 Å². The Balaban J connectivity index is 2.40. The maximum atomic E-state index is 8.83. The molecule has 1 fully saturated rings. The first-order valence-corrected chi connectivity index (χ1v) is 4.00. The van der Waals surface area contributed by atoms with Crippen LogP contribution in [-0.2, 0) is 0 Å². The lowest BCUT2D eigenvalue weighted by molar-refractivity contribution is 0.269. The van der Waals surface area contributed by atoms with Crippen LogP contribution in [0.5, 0.6) is 0 Å². The number of aliphatic hydroxyl groups excluding tert-OH is 1. The van der Waals surface area contributed by atoms with Gasteiger partial charge in [0.15, 0.2) is 0 Å². The molecule has 0 aromatic rings. The van der Waals surface area contributed by atoms with E-state index in [0.29, 0.717) is 12.5 Å². The zero-order valence-electron chi connectivity index (χ0n) is 6.80. The van der Waals surface area contributed by atoms with Crippen molar-refractivity contribution in [3.05, 3.63) is 0 Å². The van der Waals surface area contributed by atoms with Crippen molar-refractivity contribution in [3.8, 4) is 6.07 Å². The normalized spacial score (nSPS) is 22.3. The van der Waals surface area contributed by atoms with Crippen LogP contribution in [0.25, 0.3) is 0 Å². The fourth-order valence-corrected chi connectivity index (χ4v) is 1.25. The van der Waals surface area contributed by atoms with Crippen LogP contribution in [0.1, 0.15) is 19.8 Å². The van der Waals surface area contributed by atoms with E-state index in [9.17, 15) is 0 Å². The van der Waals surface area contributed by atoms with E-state index in [0.717, 1.165) is 12.8 Å². The average Bonchev–Trinajstić information content (AvgIpc) is 2.82. The minimum Gasteiger partial charge on any atom is -0.395 e. The van der Waals surface area contributed by atoms with Crippen LogP contribution in [0.3, 0.4) is 0 Å². The Bertz CT molecular complexity index is 171. The third-order valence-electron chi connectivity index (χ3n) is 2.23. The van der Waals surface area contributed by atoms with Crippen LogP contribution in [0.4, 0.5) is 0 Å². The molecule has 1 rings (SSSR count). The van der Waals surface area contributed by atoms with E-state index >= 15 is 0 Å². The summed E-state index contributed by atoms with van der Waals surface area (Å²) in [7, 11) is 0. The van der Waals surface area contributed by atoms with Gasteiger partial charge in [0.2, 0.25) is 0 Å². The van der Waals surface area contributed by atoms with Crippen molar-refractivity contribution in [2.75, 3.05) is 13.2 Å². The van der Waals surface area contributed by atoms with Crippen molar-refractivity contribution in [1.29, 1.82) is 5.26 Å². The van der Waals surface area contributed by atoms with Crippen molar-refractivity contribution >= 4 is 0 Å². The Morgan fingerprint density at radius 1 is 1.73 bits per heavy atom. The predicted molar refractivity (Wildman–Crippen MR) is 41.8 cm³/mol. The molecular formula is C8H14N2O. The predicted octanol–water partition coefficient (Wildman–Crippen LogP) is 0.261. The summed E-state index contributed by atoms with van der Waals surface area (Å²) in [5.41, 5.74) is -0.400. The zero-order chi connectivity index (χ0) is 8.32. The molecule has 0 amide bonds. The van der Waals surface area contributed by atoms with Gasteiger partial charge >= 0.3 is 0 Å². The molecule has 1 atom stereocenters. The molecule has 1 saturated carbocycles. The van der Waals surface area contributed by atoms with Gasteiger partial charge in [0, 0.05) is 6.54 Å². The second-order valence-corrected chi connectivity index (χ2v) is 3.24. The van der Waals surface area contributed by atoms with Crippen molar-refractivity contribution in [1.82, 2.24) is 5.32 Å². The van der Waals surface area contributed by atoms with Crippen LogP contribution >= 0.6 is 0 Å². The van der Waals surface area contributed by atoms with Crippen molar-refractivity contribution < 1.29 is 5.11 Å². The summed E-state index contributed by atoms with van der Waals surface area (Å²) in [6.45, 7) is 2.52. The summed E-state index contributed by atoms with van der Waals surface area (Å²) >= 11 is 0. The van der Waals surface area contributed by atoms with E-state index in [-0.39, 0.29) is 6.61 Å². The van der Waals surface area contributed by atoms with E-state index in [1.807, 2.05) is 6.92 Å². The molecule has 2 N–H and O–H groups in total. The maximum Gasteiger partial charge on any atom is 0.106 e. The summed E-state index contributed by atoms with van der Waals surface area (Å²) < 4.78 is 0. The fourth-order valence-electron chi connectivity index (χ4n) is 1.25. The number of nitrogens with one attached hydrogen (secondary N) is 1. The fraction of sp³-hybridized carbons (Fsp3) is 0.875. The topological polar surface area (TPSA) is 56.0 Å². The minimum absolute atomic E-state index is 0.101. The second kappa shape index (κ2) is 3.21. The van der Waals surface area contributed by atoms with E-state index in [1.165, 1.54) is 0 Å². The zero-order valence-corrected chi connectivity index (χ0v) is 6.80. The molecule has 0 aromatic heterocycles. The van der Waals surface area contributed by atoms with Gasteiger partial charge in [0.25, 0.3) is 0 Å². The maximum absolute atomic E-state index is 8.83. The van der Waals surface area contributed by atoms with Crippen LogP contribution in [0.2, 0.25) is 0 Å². The first-order chi connectivity index (χ1) is 5.23. The molecule has 1 aliphatic carbocycles. The van der Waals surface area contributed by atoms with E-state index < -0.39 is 5.54 Å². The van der Waals surface area contributed by atoms with E-state index in [4.69, 9.17) is 10.4 Å². The summed E-state index contributed by atoms with van der Waals surface area (Å²) in [5, 5.41) is 20.4. The molecule has 3 heteroatoms. The molecule has 3 nitrogen and oxygen atoms in total. The van der Waals surface area contributed by atoms with Gasteiger partial charge in [-0.3, -0.25) is 5.32 Å². The van der Waals surface area contributed by atoms with Gasteiger partial charge in [0.1, 0.15) is 5.54 Å². The summed E-state index contributed by atoms with van der Waals surface area (Å²) in [4.78, 5) is 0. The number of rotatable bonds is 4. The van der Waals surface area contributed by atoms with Crippen LogP contribution in [-0.4, -0.2) is 23.8 Å². The molecule has 0 spiro atoms. The number of nitriles is 1. The molecule has 1 unspecified atom stereocenters. The summed E-state index contributed by atoms with van der Waals surface area (Å²) in [5.74, 6) is 0.499. The first-order valence-electron chi connectivity index (χ1n) is 4.00. The molecular weight excluding hydrogens is 140 g/mol. The van der Waals surface area contributed by atoms with Crippen LogP contribution < -0.4 is 5.32 Å². The highest BCUT2D eigenvalue weighted by Gasteiger charge is 2.41. The smallest absolute Gasteiger partial charge is 0.106 e. The third kappa shape index (κ3) is 1.92. The Morgan fingerprint density at radius 3 is 2.73 bits per heavy atom. The molecule has 0 heterocycles. The Hall–Kier alpha value is -0.590. The van der Waals surface area contributed by atoms with Crippen molar-refractivity contribution in [2.45, 2.75) is 25.3 Å². The highest BCUT2D eigenvalue weighted by Crippen LogP contribution is 2.38. The van der Waals surface area contributed by atoms with Gasteiger partial charge in [-0.25, -0.2) is 0 Å². The average molecular weight is 154 g/mol. The molecule has 0 aliphatic heterocycles. The number of aliphatic hydroxyl groups is 1. The van der Waals surface area contributed by atoms with Gasteiger partial charge in [-0.1, -0.05) is 0 Å². The molecule has 0 aromatic carbocycles. The van der Waals surface area contributed by atoms with Gasteiger partial charge in [-0.05, 0) is 25.7 Å². The Labute approximate surface area is 67.0 Å². The monoisotopic (exact) mass is 154 g/mol. The van der Waals surface area contributed by atoms with Crippen LogP contribution in [0.15, 0.2) is 0 Å². The lowest BCUT2D eigenvalue weighted by Crippen LogP contribution is -2.44. The number of hydrogen-bond acceptors (Lipinski definition) is 3. The van der Waals surface area contributed by atoms with Crippen LogP contribution in [0, 0.1) is 17.2 Å². The summed E-state index contributed by atoms with van der Waals surface area (Å²) in [6, 6.07) is 2.25. The lowest BCUT2D eigenvalue weighted by atomic mass is 9.98. The second-order valence-electron chi connectivity index (χ2n) is 3.24. The Kier molecular flexibility index (Phi) is 2.48. The largest absolute Gasteiger partial charge is 0.395 e. The molecule has 0 bridgehead atoms. The van der Waals surface area contributed by atoms with Gasteiger partial charge in [-0.2, -0.15) is 5.26 Å². The molecule has 0 saturated heterocycles. The number of hydrogen-bond donors (Lipinski definition) is 2. The lowest BCUT2D eigenvalue weighted by Gasteiger charge is -2.21. The highest BCUT2D eigenvalue weighted by molar-refractivity contribution is 5.12. The standard InChI is InChI=1S/C8H14N2O/c1-8(6-9,7-2-3-7)10-4-5-11/h7,10-11H,2-5H2,1H3. The Morgan fingerprint density at radius 2 is 2.36 bits per heavy atom. The highest BCUT2D eigenvalue weighted by atomic mass is 16.3. The molecule has 0 radical (unpaired) electrons.